The standard InChI is InChI=1S/C13H12N4O3/c1-7-4-11(17-16-7)15-13(19)8-2-3-9-10(5-8)20-6-12(18)14-9/h2-5H,6H2,1H3,(H,14,18)(H2,15,16,17,19). The minimum Gasteiger partial charge on any atom is -0.482 e. The van der Waals surface area contributed by atoms with Crippen LogP contribution in [0.2, 0.25) is 0 Å². The highest BCUT2D eigenvalue weighted by Gasteiger charge is 2.18. The maximum Gasteiger partial charge on any atom is 0.262 e. The molecule has 1 aliphatic heterocycles. The van der Waals surface area contributed by atoms with Gasteiger partial charge in [0.25, 0.3) is 11.8 Å². The number of hydrogen-bond donors (Lipinski definition) is 3. The predicted molar refractivity (Wildman–Crippen MR) is 71.8 cm³/mol. The van der Waals surface area contributed by atoms with Crippen molar-refractivity contribution < 1.29 is 14.3 Å². The van der Waals surface area contributed by atoms with E-state index in [1.54, 1.807) is 24.3 Å². The summed E-state index contributed by atoms with van der Waals surface area (Å²) in [5, 5.41) is 12.0. The predicted octanol–water partition coefficient (Wildman–Crippen LogP) is 1.30. The third-order valence-electron chi connectivity index (χ3n) is 2.82. The molecule has 0 saturated carbocycles. The van der Waals surface area contributed by atoms with Crippen LogP contribution in [0.3, 0.4) is 0 Å². The largest absolute Gasteiger partial charge is 0.482 e. The molecule has 3 rings (SSSR count). The molecule has 1 aliphatic rings. The van der Waals surface area contributed by atoms with Crippen molar-refractivity contribution in [1.29, 1.82) is 0 Å². The Hall–Kier alpha value is -2.83. The number of aromatic amines is 1. The number of nitrogens with zero attached hydrogens (tertiary/aromatic N) is 1. The number of rotatable bonds is 2. The number of H-pyrrole nitrogens is 1. The summed E-state index contributed by atoms with van der Waals surface area (Å²) in [6, 6.07) is 6.57. The number of benzene rings is 1. The molecule has 0 spiro atoms. The number of aryl methyl sites for hydroxylation is 1. The Morgan fingerprint density at radius 2 is 2.25 bits per heavy atom. The molecule has 0 atom stereocenters. The van der Waals surface area contributed by atoms with E-state index in [-0.39, 0.29) is 18.4 Å². The van der Waals surface area contributed by atoms with Gasteiger partial charge in [-0.3, -0.25) is 14.7 Å². The molecule has 7 heteroatoms. The highest BCUT2D eigenvalue weighted by molar-refractivity contribution is 6.05. The second-order valence-corrected chi connectivity index (χ2v) is 4.44. The van der Waals surface area contributed by atoms with E-state index in [2.05, 4.69) is 20.8 Å². The number of fused-ring (bicyclic) bond motifs is 1. The van der Waals surface area contributed by atoms with Gasteiger partial charge >= 0.3 is 0 Å². The van der Waals surface area contributed by atoms with Gasteiger partial charge in [0.15, 0.2) is 12.4 Å². The summed E-state index contributed by atoms with van der Waals surface area (Å²) < 4.78 is 5.27. The minimum atomic E-state index is -0.292. The van der Waals surface area contributed by atoms with Crippen LogP contribution in [-0.4, -0.2) is 28.6 Å². The van der Waals surface area contributed by atoms with Gasteiger partial charge in [0.2, 0.25) is 0 Å². The smallest absolute Gasteiger partial charge is 0.262 e. The SMILES string of the molecule is Cc1cc(NC(=O)c2ccc3c(c2)OCC(=O)N3)n[nH]1. The first-order valence-corrected chi connectivity index (χ1v) is 6.02. The van der Waals surface area contributed by atoms with Crippen LogP contribution >= 0.6 is 0 Å². The number of carbonyl (C=O) groups is 2. The van der Waals surface area contributed by atoms with Gasteiger partial charge in [-0.1, -0.05) is 0 Å². The van der Waals surface area contributed by atoms with Gasteiger partial charge < -0.3 is 15.4 Å². The van der Waals surface area contributed by atoms with Crippen LogP contribution in [0.4, 0.5) is 11.5 Å². The lowest BCUT2D eigenvalue weighted by atomic mass is 10.1. The second-order valence-electron chi connectivity index (χ2n) is 4.44. The Bertz CT molecular complexity index is 693. The van der Waals surface area contributed by atoms with Crippen molar-refractivity contribution in [1.82, 2.24) is 10.2 Å². The van der Waals surface area contributed by atoms with Crippen LogP contribution < -0.4 is 15.4 Å². The summed E-state index contributed by atoms with van der Waals surface area (Å²) in [6.45, 7) is 1.80. The van der Waals surface area contributed by atoms with Crippen LogP contribution in [0.15, 0.2) is 24.3 Å². The number of hydrogen-bond acceptors (Lipinski definition) is 4. The number of aromatic nitrogens is 2. The van der Waals surface area contributed by atoms with E-state index in [9.17, 15) is 9.59 Å². The summed E-state index contributed by atoms with van der Waals surface area (Å²) in [5.41, 5.74) is 1.85. The number of ether oxygens (including phenoxy) is 1. The highest BCUT2D eigenvalue weighted by atomic mass is 16.5. The fourth-order valence-electron chi connectivity index (χ4n) is 1.89. The Balaban J connectivity index is 1.80. The lowest BCUT2D eigenvalue weighted by Gasteiger charge is -2.18. The van der Waals surface area contributed by atoms with E-state index < -0.39 is 0 Å². The molecule has 3 N–H and O–H groups in total. The average Bonchev–Trinajstić information content (AvgIpc) is 2.83. The zero-order chi connectivity index (χ0) is 14.1. The van der Waals surface area contributed by atoms with Crippen LogP contribution in [0.5, 0.6) is 5.75 Å². The van der Waals surface area contributed by atoms with E-state index in [4.69, 9.17) is 4.74 Å². The summed E-state index contributed by atoms with van der Waals surface area (Å²) in [4.78, 5) is 23.2. The molecule has 20 heavy (non-hydrogen) atoms. The fraction of sp³-hybridized carbons (Fsp3) is 0.154. The fourth-order valence-corrected chi connectivity index (χ4v) is 1.89. The summed E-state index contributed by atoms with van der Waals surface area (Å²) in [5.74, 6) is 0.441. The summed E-state index contributed by atoms with van der Waals surface area (Å²) in [6.07, 6.45) is 0. The molecular formula is C13H12N4O3. The molecule has 0 unspecified atom stereocenters. The lowest BCUT2D eigenvalue weighted by molar-refractivity contribution is -0.118. The van der Waals surface area contributed by atoms with Crippen molar-refractivity contribution in [3.8, 4) is 5.75 Å². The molecule has 0 aliphatic carbocycles. The Morgan fingerprint density at radius 1 is 1.40 bits per heavy atom. The summed E-state index contributed by atoms with van der Waals surface area (Å²) in [7, 11) is 0. The van der Waals surface area contributed by atoms with Crippen LogP contribution in [0.1, 0.15) is 16.1 Å². The molecule has 2 aromatic rings. The van der Waals surface area contributed by atoms with Crippen molar-refractivity contribution in [3.05, 3.63) is 35.5 Å². The third-order valence-corrected chi connectivity index (χ3v) is 2.82. The van der Waals surface area contributed by atoms with E-state index in [1.165, 1.54) is 0 Å². The van der Waals surface area contributed by atoms with Gasteiger partial charge in [0, 0.05) is 17.3 Å². The first-order valence-electron chi connectivity index (χ1n) is 6.02. The average molecular weight is 272 g/mol. The molecule has 102 valence electrons. The maximum atomic E-state index is 12.1. The van der Waals surface area contributed by atoms with E-state index >= 15 is 0 Å². The maximum absolute atomic E-state index is 12.1. The molecule has 0 radical (unpaired) electrons. The molecule has 2 amide bonds. The highest BCUT2D eigenvalue weighted by Crippen LogP contribution is 2.28. The van der Waals surface area contributed by atoms with Gasteiger partial charge in [-0.15, -0.1) is 0 Å². The van der Waals surface area contributed by atoms with Crippen molar-refractivity contribution in [2.75, 3.05) is 17.2 Å². The van der Waals surface area contributed by atoms with Crippen molar-refractivity contribution in [3.63, 3.8) is 0 Å². The molecular weight excluding hydrogens is 260 g/mol. The van der Waals surface area contributed by atoms with E-state index in [1.807, 2.05) is 6.92 Å². The Kier molecular flexibility index (Phi) is 2.86. The van der Waals surface area contributed by atoms with Crippen LogP contribution in [0.25, 0.3) is 0 Å². The topological polar surface area (TPSA) is 96.1 Å². The van der Waals surface area contributed by atoms with Gasteiger partial charge in [-0.2, -0.15) is 5.10 Å². The zero-order valence-electron chi connectivity index (χ0n) is 10.7. The van der Waals surface area contributed by atoms with Gasteiger partial charge in [-0.25, -0.2) is 0 Å². The number of nitrogens with one attached hydrogen (secondary N) is 3. The molecule has 0 fully saturated rings. The number of anilines is 2. The van der Waals surface area contributed by atoms with Crippen molar-refractivity contribution >= 4 is 23.3 Å². The third kappa shape index (κ3) is 2.33. The van der Waals surface area contributed by atoms with E-state index in [0.29, 0.717) is 22.8 Å². The molecule has 0 bridgehead atoms. The number of carbonyl (C=O) groups excluding carboxylic acids is 2. The normalized spacial score (nSPS) is 13.2. The Labute approximate surface area is 114 Å². The minimum absolute atomic E-state index is 0.0450. The first kappa shape index (κ1) is 12.2. The molecule has 1 aromatic heterocycles. The van der Waals surface area contributed by atoms with Gasteiger partial charge in [0.05, 0.1) is 5.69 Å². The quantitative estimate of drug-likeness (QED) is 0.767. The molecule has 1 aromatic carbocycles. The van der Waals surface area contributed by atoms with Crippen molar-refractivity contribution in [2.45, 2.75) is 6.92 Å². The molecule has 7 nitrogen and oxygen atoms in total. The number of amides is 2. The molecule has 0 saturated heterocycles. The zero-order valence-corrected chi connectivity index (χ0v) is 10.7. The lowest BCUT2D eigenvalue weighted by Crippen LogP contribution is -2.25. The Morgan fingerprint density at radius 3 is 3.00 bits per heavy atom. The van der Waals surface area contributed by atoms with Crippen molar-refractivity contribution in [2.24, 2.45) is 0 Å². The molecule has 2 heterocycles. The van der Waals surface area contributed by atoms with Gasteiger partial charge in [-0.05, 0) is 25.1 Å². The van der Waals surface area contributed by atoms with Crippen LogP contribution in [0, 0.1) is 6.92 Å². The second kappa shape index (κ2) is 4.69. The van der Waals surface area contributed by atoms with Gasteiger partial charge in [0.1, 0.15) is 5.75 Å². The van der Waals surface area contributed by atoms with E-state index in [0.717, 1.165) is 5.69 Å². The monoisotopic (exact) mass is 272 g/mol. The summed E-state index contributed by atoms with van der Waals surface area (Å²) >= 11 is 0. The first-order chi connectivity index (χ1) is 9.61. The van der Waals surface area contributed by atoms with Crippen LogP contribution in [-0.2, 0) is 4.79 Å².